The number of pyridine rings is 1. The molecule has 0 aliphatic carbocycles. The van der Waals surface area contributed by atoms with Gasteiger partial charge in [-0.05, 0) is 31.2 Å². The Morgan fingerprint density at radius 3 is 2.95 bits per heavy atom. The van der Waals surface area contributed by atoms with Gasteiger partial charge in [-0.15, -0.1) is 0 Å². The molecule has 3 fully saturated rings. The van der Waals surface area contributed by atoms with Crippen LogP contribution in [0.3, 0.4) is 0 Å². The molecule has 3 saturated heterocycles. The van der Waals surface area contributed by atoms with Gasteiger partial charge in [-0.3, -0.25) is 9.69 Å². The van der Waals surface area contributed by atoms with Gasteiger partial charge in [0.1, 0.15) is 16.4 Å². The SMILES string of the molecule is O=C(NC1CC2CCN1CC2)c1cc2occc2c(Cl)n1. The molecule has 3 aliphatic rings. The molecule has 2 bridgehead atoms. The fraction of sp³-hybridized carbons (Fsp3) is 0.467. The number of halogens is 1. The Morgan fingerprint density at radius 2 is 2.24 bits per heavy atom. The summed E-state index contributed by atoms with van der Waals surface area (Å²) in [5.41, 5.74) is 0.899. The highest BCUT2D eigenvalue weighted by Crippen LogP contribution is 2.31. The zero-order valence-corrected chi connectivity index (χ0v) is 12.3. The van der Waals surface area contributed by atoms with Crippen molar-refractivity contribution in [2.45, 2.75) is 25.4 Å². The van der Waals surface area contributed by atoms with Gasteiger partial charge in [0, 0.05) is 19.2 Å². The Bertz CT molecular complexity index is 691. The first-order chi connectivity index (χ1) is 10.2. The van der Waals surface area contributed by atoms with Crippen molar-refractivity contribution in [3.05, 3.63) is 29.2 Å². The van der Waals surface area contributed by atoms with Gasteiger partial charge in [-0.2, -0.15) is 0 Å². The van der Waals surface area contributed by atoms with Crippen molar-refractivity contribution in [2.24, 2.45) is 5.92 Å². The predicted molar refractivity (Wildman–Crippen MR) is 79.2 cm³/mol. The molecule has 110 valence electrons. The second-order valence-corrected chi connectivity index (χ2v) is 6.19. The lowest BCUT2D eigenvalue weighted by Crippen LogP contribution is -2.56. The van der Waals surface area contributed by atoms with Crippen molar-refractivity contribution in [2.75, 3.05) is 13.1 Å². The summed E-state index contributed by atoms with van der Waals surface area (Å²) in [5, 5.41) is 4.11. The molecule has 6 heteroatoms. The molecule has 0 aromatic carbocycles. The Hall–Kier alpha value is -1.59. The van der Waals surface area contributed by atoms with Gasteiger partial charge in [0.15, 0.2) is 0 Å². The highest BCUT2D eigenvalue weighted by atomic mass is 35.5. The minimum Gasteiger partial charge on any atom is -0.464 e. The number of fused-ring (bicyclic) bond motifs is 4. The molecule has 1 atom stereocenters. The third-order valence-electron chi connectivity index (χ3n) is 4.58. The third kappa shape index (κ3) is 2.30. The van der Waals surface area contributed by atoms with Crippen LogP contribution >= 0.6 is 11.6 Å². The number of rotatable bonds is 2. The van der Waals surface area contributed by atoms with E-state index in [9.17, 15) is 4.79 Å². The van der Waals surface area contributed by atoms with Crippen molar-refractivity contribution in [1.29, 1.82) is 0 Å². The van der Waals surface area contributed by atoms with Crippen LogP contribution in [0.2, 0.25) is 5.15 Å². The summed E-state index contributed by atoms with van der Waals surface area (Å²) in [6, 6.07) is 3.39. The smallest absolute Gasteiger partial charge is 0.271 e. The van der Waals surface area contributed by atoms with E-state index in [1.165, 1.54) is 12.8 Å². The Kier molecular flexibility index (Phi) is 3.12. The maximum absolute atomic E-state index is 12.4. The average Bonchev–Trinajstić information content (AvgIpc) is 2.97. The van der Waals surface area contributed by atoms with Crippen molar-refractivity contribution in [1.82, 2.24) is 15.2 Å². The van der Waals surface area contributed by atoms with Gasteiger partial charge < -0.3 is 9.73 Å². The van der Waals surface area contributed by atoms with E-state index in [0.717, 1.165) is 30.8 Å². The first kappa shape index (κ1) is 13.1. The highest BCUT2D eigenvalue weighted by molar-refractivity contribution is 6.34. The van der Waals surface area contributed by atoms with E-state index in [1.807, 2.05) is 0 Å². The zero-order valence-electron chi connectivity index (χ0n) is 11.5. The van der Waals surface area contributed by atoms with Crippen LogP contribution in [-0.2, 0) is 0 Å². The number of hydrogen-bond acceptors (Lipinski definition) is 4. The van der Waals surface area contributed by atoms with Gasteiger partial charge in [0.2, 0.25) is 0 Å². The second-order valence-electron chi connectivity index (χ2n) is 5.84. The summed E-state index contributed by atoms with van der Waals surface area (Å²) in [5.74, 6) is 0.553. The van der Waals surface area contributed by atoms with Crippen molar-refractivity contribution in [3.8, 4) is 0 Å². The molecule has 2 aromatic rings. The van der Waals surface area contributed by atoms with E-state index >= 15 is 0 Å². The van der Waals surface area contributed by atoms with Gasteiger partial charge in [0.05, 0.1) is 17.8 Å². The van der Waals surface area contributed by atoms with Crippen LogP contribution < -0.4 is 5.32 Å². The summed E-state index contributed by atoms with van der Waals surface area (Å²) in [4.78, 5) is 18.9. The summed E-state index contributed by atoms with van der Waals surface area (Å²) in [6.45, 7) is 2.14. The van der Waals surface area contributed by atoms with Crippen LogP contribution in [0.1, 0.15) is 29.8 Å². The molecule has 21 heavy (non-hydrogen) atoms. The van der Waals surface area contributed by atoms with Crippen LogP contribution in [0.5, 0.6) is 0 Å². The minimum absolute atomic E-state index is 0.123. The van der Waals surface area contributed by atoms with Crippen molar-refractivity contribution >= 4 is 28.5 Å². The third-order valence-corrected chi connectivity index (χ3v) is 4.87. The Morgan fingerprint density at radius 1 is 1.43 bits per heavy atom. The first-order valence-corrected chi connectivity index (χ1v) is 7.67. The summed E-state index contributed by atoms with van der Waals surface area (Å²) in [7, 11) is 0. The van der Waals surface area contributed by atoms with Gasteiger partial charge >= 0.3 is 0 Å². The molecule has 0 spiro atoms. The molecule has 3 aliphatic heterocycles. The van der Waals surface area contributed by atoms with Crippen LogP contribution in [0.4, 0.5) is 0 Å². The Balaban J connectivity index is 1.56. The number of amides is 1. The predicted octanol–water partition coefficient (Wildman–Crippen LogP) is 2.65. The van der Waals surface area contributed by atoms with Crippen LogP contribution in [0.25, 0.3) is 11.0 Å². The summed E-state index contributed by atoms with van der Waals surface area (Å²) in [6.07, 6.45) is 5.19. The normalized spacial score (nSPS) is 28.0. The molecular formula is C15H16ClN3O2. The Labute approximate surface area is 127 Å². The fourth-order valence-corrected chi connectivity index (χ4v) is 3.63. The maximum atomic E-state index is 12.4. The van der Waals surface area contributed by atoms with Crippen molar-refractivity contribution in [3.63, 3.8) is 0 Å². The number of furan rings is 1. The topological polar surface area (TPSA) is 58.4 Å². The lowest BCUT2D eigenvalue weighted by molar-refractivity contribution is 0.0293. The van der Waals surface area contributed by atoms with E-state index < -0.39 is 0 Å². The van der Waals surface area contributed by atoms with Crippen LogP contribution in [0, 0.1) is 5.92 Å². The quantitative estimate of drug-likeness (QED) is 0.867. The molecule has 1 amide bonds. The minimum atomic E-state index is -0.187. The van der Waals surface area contributed by atoms with Crippen molar-refractivity contribution < 1.29 is 9.21 Å². The number of aromatic nitrogens is 1. The second kappa shape index (κ2) is 5.00. The largest absolute Gasteiger partial charge is 0.464 e. The van der Waals surface area contributed by atoms with Crippen LogP contribution in [-0.4, -0.2) is 35.0 Å². The molecule has 2 aromatic heterocycles. The van der Waals surface area contributed by atoms with E-state index in [2.05, 4.69) is 15.2 Å². The van der Waals surface area contributed by atoms with Gasteiger partial charge in [-0.25, -0.2) is 4.98 Å². The summed E-state index contributed by atoms with van der Waals surface area (Å²) >= 11 is 6.09. The molecule has 0 saturated carbocycles. The first-order valence-electron chi connectivity index (χ1n) is 7.29. The van der Waals surface area contributed by atoms with E-state index in [4.69, 9.17) is 16.0 Å². The monoisotopic (exact) mass is 305 g/mol. The molecule has 5 heterocycles. The highest BCUT2D eigenvalue weighted by Gasteiger charge is 2.34. The molecule has 1 unspecified atom stereocenters. The van der Waals surface area contributed by atoms with Crippen LogP contribution in [0.15, 0.2) is 22.8 Å². The number of hydrogen-bond donors (Lipinski definition) is 1. The van der Waals surface area contributed by atoms with E-state index in [0.29, 0.717) is 16.4 Å². The molecule has 5 rings (SSSR count). The number of nitrogens with zero attached hydrogens (tertiary/aromatic N) is 2. The average molecular weight is 306 g/mol. The fourth-order valence-electron chi connectivity index (χ4n) is 3.38. The molecule has 5 nitrogen and oxygen atoms in total. The van der Waals surface area contributed by atoms with Gasteiger partial charge in [-0.1, -0.05) is 11.6 Å². The standard InChI is InChI=1S/C15H16ClN3O2/c16-14-10-3-6-21-12(10)8-11(17-14)15(20)18-13-7-9-1-4-19(13)5-2-9/h3,6,8-9,13H,1-2,4-5,7H2,(H,18,20). The number of carbonyl (C=O) groups is 1. The number of piperidine rings is 3. The van der Waals surface area contributed by atoms with E-state index in [1.54, 1.807) is 18.4 Å². The lowest BCUT2D eigenvalue weighted by atomic mass is 9.86. The molecule has 0 radical (unpaired) electrons. The molecular weight excluding hydrogens is 290 g/mol. The zero-order chi connectivity index (χ0) is 14.4. The van der Waals surface area contributed by atoms with E-state index in [-0.39, 0.29) is 12.1 Å². The number of carbonyl (C=O) groups excluding carboxylic acids is 1. The molecule has 1 N–H and O–H groups in total. The van der Waals surface area contributed by atoms with Gasteiger partial charge in [0.25, 0.3) is 5.91 Å². The lowest BCUT2D eigenvalue weighted by Gasteiger charge is -2.45. The maximum Gasteiger partial charge on any atom is 0.271 e. The summed E-state index contributed by atoms with van der Waals surface area (Å²) < 4.78 is 5.31. The number of nitrogens with one attached hydrogen (secondary N) is 1.